The van der Waals surface area contributed by atoms with Crippen molar-refractivity contribution in [2.75, 3.05) is 11.4 Å². The Morgan fingerprint density at radius 1 is 1.11 bits per heavy atom. The van der Waals surface area contributed by atoms with Crippen molar-refractivity contribution in [2.45, 2.75) is 39.7 Å². The Hall–Kier alpha value is -4.27. The number of hydrogen-bond acceptors (Lipinski definition) is 6. The van der Waals surface area contributed by atoms with Gasteiger partial charge in [0, 0.05) is 36.9 Å². The van der Waals surface area contributed by atoms with E-state index in [1.807, 2.05) is 74.3 Å². The number of benzene rings is 1. The van der Waals surface area contributed by atoms with Gasteiger partial charge in [0.05, 0.1) is 16.7 Å². The fraction of sp³-hybridized carbons (Fsp3) is 0.296. The average molecular weight is 482 g/mol. The molecule has 4 aromatic heterocycles. The van der Waals surface area contributed by atoms with Crippen molar-refractivity contribution in [2.24, 2.45) is 7.05 Å². The Balaban J connectivity index is 1.46. The van der Waals surface area contributed by atoms with Gasteiger partial charge in [0.25, 0.3) is 0 Å². The summed E-state index contributed by atoms with van der Waals surface area (Å²) in [5.41, 5.74) is 5.89. The van der Waals surface area contributed by atoms with Crippen LogP contribution in [-0.2, 0) is 18.2 Å². The normalized spacial score (nSPS) is 13.5. The third-order valence-corrected chi connectivity index (χ3v) is 6.40. The SMILES string of the molecule is Cc1cccc2c1ncn2-c1nc(-c2cnc3c(c2)CCN3C(=O)OC(C)(C)C)c2ccn(C)c2n1. The summed E-state index contributed by atoms with van der Waals surface area (Å²) in [5.74, 6) is 1.19. The van der Waals surface area contributed by atoms with Gasteiger partial charge in [-0.2, -0.15) is 4.98 Å². The molecule has 5 heterocycles. The first kappa shape index (κ1) is 22.2. The van der Waals surface area contributed by atoms with Gasteiger partial charge < -0.3 is 9.30 Å². The van der Waals surface area contributed by atoms with Crippen molar-refractivity contribution < 1.29 is 9.53 Å². The number of aromatic nitrogens is 6. The van der Waals surface area contributed by atoms with E-state index >= 15 is 0 Å². The Morgan fingerprint density at radius 3 is 2.75 bits per heavy atom. The molecule has 0 aliphatic carbocycles. The molecule has 0 fully saturated rings. The summed E-state index contributed by atoms with van der Waals surface area (Å²) >= 11 is 0. The van der Waals surface area contributed by atoms with E-state index in [0.717, 1.165) is 44.5 Å². The number of rotatable bonds is 2. The lowest BCUT2D eigenvalue weighted by Crippen LogP contribution is -2.36. The van der Waals surface area contributed by atoms with Crippen LogP contribution in [0.5, 0.6) is 0 Å². The number of pyridine rings is 1. The van der Waals surface area contributed by atoms with Gasteiger partial charge in [-0.3, -0.25) is 9.47 Å². The second kappa shape index (κ2) is 7.87. The fourth-order valence-electron chi connectivity index (χ4n) is 4.69. The third-order valence-electron chi connectivity index (χ3n) is 6.40. The molecule has 1 aliphatic rings. The number of ether oxygens (including phenoxy) is 1. The first-order valence-electron chi connectivity index (χ1n) is 12.0. The summed E-state index contributed by atoms with van der Waals surface area (Å²) in [4.78, 5) is 33.4. The monoisotopic (exact) mass is 481 g/mol. The van der Waals surface area contributed by atoms with Crippen molar-refractivity contribution in [1.29, 1.82) is 0 Å². The summed E-state index contributed by atoms with van der Waals surface area (Å²) in [6, 6.07) is 10.2. The number of amides is 1. The van der Waals surface area contributed by atoms with Gasteiger partial charge in [0.2, 0.25) is 5.95 Å². The molecule has 0 atom stereocenters. The molecule has 0 N–H and O–H groups in total. The summed E-state index contributed by atoms with van der Waals surface area (Å²) in [5, 5.41) is 0.936. The van der Waals surface area contributed by atoms with Crippen LogP contribution in [0, 0.1) is 6.92 Å². The third kappa shape index (κ3) is 3.59. The second-order valence-electron chi connectivity index (χ2n) is 10.2. The number of anilines is 1. The Morgan fingerprint density at radius 2 is 1.94 bits per heavy atom. The largest absolute Gasteiger partial charge is 0.443 e. The van der Waals surface area contributed by atoms with Crippen LogP contribution in [0.25, 0.3) is 39.3 Å². The predicted octanol–water partition coefficient (Wildman–Crippen LogP) is 4.98. The van der Waals surface area contributed by atoms with Crippen LogP contribution in [0.4, 0.5) is 10.6 Å². The fourth-order valence-corrected chi connectivity index (χ4v) is 4.69. The van der Waals surface area contributed by atoms with E-state index in [-0.39, 0.29) is 6.09 Å². The van der Waals surface area contributed by atoms with Crippen LogP contribution in [-0.4, -0.2) is 47.3 Å². The topological polar surface area (TPSA) is 91.0 Å². The van der Waals surface area contributed by atoms with E-state index in [1.54, 1.807) is 17.4 Å². The molecule has 182 valence electrons. The number of aryl methyl sites for hydroxylation is 2. The van der Waals surface area contributed by atoms with Crippen molar-refractivity contribution in [3.8, 4) is 17.2 Å². The molecule has 6 rings (SSSR count). The molecular weight excluding hydrogens is 454 g/mol. The van der Waals surface area contributed by atoms with Crippen molar-refractivity contribution in [3.63, 3.8) is 0 Å². The van der Waals surface area contributed by atoms with E-state index in [0.29, 0.717) is 24.7 Å². The number of imidazole rings is 1. The number of carbonyl (C=O) groups is 1. The number of carbonyl (C=O) groups excluding carboxylic acids is 1. The summed E-state index contributed by atoms with van der Waals surface area (Å²) < 4.78 is 9.47. The van der Waals surface area contributed by atoms with Crippen LogP contribution in [0.15, 0.2) is 49.1 Å². The van der Waals surface area contributed by atoms with Crippen LogP contribution < -0.4 is 4.90 Å². The molecule has 0 spiro atoms. The highest BCUT2D eigenvalue weighted by molar-refractivity contribution is 5.93. The highest BCUT2D eigenvalue weighted by Crippen LogP contribution is 2.34. The Kier molecular flexibility index (Phi) is 4.86. The first-order valence-corrected chi connectivity index (χ1v) is 12.0. The zero-order valence-corrected chi connectivity index (χ0v) is 21.0. The molecule has 1 aromatic carbocycles. The zero-order chi connectivity index (χ0) is 25.2. The molecule has 9 heteroatoms. The van der Waals surface area contributed by atoms with Crippen LogP contribution in [0.2, 0.25) is 0 Å². The smallest absolute Gasteiger partial charge is 0.416 e. The Labute approximate surface area is 208 Å². The quantitative estimate of drug-likeness (QED) is 0.353. The highest BCUT2D eigenvalue weighted by Gasteiger charge is 2.30. The minimum atomic E-state index is -0.563. The van der Waals surface area contributed by atoms with Crippen LogP contribution in [0.3, 0.4) is 0 Å². The summed E-state index contributed by atoms with van der Waals surface area (Å²) in [6.07, 6.45) is 5.85. The van der Waals surface area contributed by atoms with Gasteiger partial charge in [0.15, 0.2) is 0 Å². The molecule has 0 bridgehead atoms. The van der Waals surface area contributed by atoms with Gasteiger partial charge in [-0.15, -0.1) is 0 Å². The zero-order valence-electron chi connectivity index (χ0n) is 21.0. The van der Waals surface area contributed by atoms with Crippen LogP contribution in [0.1, 0.15) is 31.9 Å². The standard InChI is InChI=1S/C27H27N7O2/c1-16-7-6-8-20-21(16)29-15-34(20)25-30-22(19-10-11-32(5)24(19)31-25)18-13-17-9-12-33(23(17)28-14-18)26(35)36-27(2,3)4/h6-8,10-11,13-15H,9,12H2,1-5H3. The lowest BCUT2D eigenvalue weighted by atomic mass is 10.1. The van der Waals surface area contributed by atoms with Crippen molar-refractivity contribution >= 4 is 34.0 Å². The lowest BCUT2D eigenvalue weighted by molar-refractivity contribution is 0.0583. The van der Waals surface area contributed by atoms with E-state index < -0.39 is 5.60 Å². The second-order valence-corrected chi connectivity index (χ2v) is 10.2. The highest BCUT2D eigenvalue weighted by atomic mass is 16.6. The number of hydrogen-bond donors (Lipinski definition) is 0. The minimum Gasteiger partial charge on any atom is -0.443 e. The average Bonchev–Trinajstić information content (AvgIpc) is 3.54. The molecular formula is C27H27N7O2. The molecule has 0 saturated heterocycles. The summed E-state index contributed by atoms with van der Waals surface area (Å²) in [6.45, 7) is 8.17. The van der Waals surface area contributed by atoms with Gasteiger partial charge in [0.1, 0.15) is 23.4 Å². The van der Waals surface area contributed by atoms with Gasteiger partial charge in [-0.1, -0.05) is 12.1 Å². The molecule has 5 aromatic rings. The molecule has 36 heavy (non-hydrogen) atoms. The maximum atomic E-state index is 12.7. The number of fused-ring (bicyclic) bond motifs is 3. The van der Waals surface area contributed by atoms with E-state index in [2.05, 4.69) is 16.0 Å². The lowest BCUT2D eigenvalue weighted by Gasteiger charge is -2.24. The van der Waals surface area contributed by atoms with Crippen LogP contribution >= 0.6 is 0 Å². The van der Waals surface area contributed by atoms with Gasteiger partial charge in [-0.25, -0.2) is 19.7 Å². The number of para-hydroxylation sites is 1. The van der Waals surface area contributed by atoms with Gasteiger partial charge in [-0.05, 0) is 63.4 Å². The van der Waals surface area contributed by atoms with E-state index in [1.165, 1.54) is 0 Å². The first-order chi connectivity index (χ1) is 17.2. The maximum absolute atomic E-state index is 12.7. The molecule has 9 nitrogen and oxygen atoms in total. The van der Waals surface area contributed by atoms with E-state index in [9.17, 15) is 4.79 Å². The number of nitrogens with zero attached hydrogens (tertiary/aromatic N) is 7. The molecule has 1 amide bonds. The summed E-state index contributed by atoms with van der Waals surface area (Å²) in [7, 11) is 1.97. The molecule has 1 aliphatic heterocycles. The van der Waals surface area contributed by atoms with Crippen molar-refractivity contribution in [1.82, 2.24) is 29.1 Å². The predicted molar refractivity (Wildman–Crippen MR) is 138 cm³/mol. The molecule has 0 radical (unpaired) electrons. The minimum absolute atomic E-state index is 0.376. The maximum Gasteiger partial charge on any atom is 0.416 e. The molecule has 0 unspecified atom stereocenters. The van der Waals surface area contributed by atoms with Crippen molar-refractivity contribution in [3.05, 3.63) is 60.2 Å². The Bertz CT molecular complexity index is 1660. The molecule has 0 saturated carbocycles. The van der Waals surface area contributed by atoms with E-state index in [4.69, 9.17) is 14.7 Å². The van der Waals surface area contributed by atoms with Gasteiger partial charge >= 0.3 is 6.09 Å².